The van der Waals surface area contributed by atoms with Gasteiger partial charge in [-0.3, -0.25) is 9.69 Å². The van der Waals surface area contributed by atoms with E-state index in [2.05, 4.69) is 17.1 Å². The summed E-state index contributed by atoms with van der Waals surface area (Å²) in [4.78, 5) is 13.7. The zero-order chi connectivity index (χ0) is 10.8. The van der Waals surface area contributed by atoms with Crippen LogP contribution in [0, 0.1) is 5.92 Å². The van der Waals surface area contributed by atoms with Crippen molar-refractivity contribution in [3.63, 3.8) is 0 Å². The van der Waals surface area contributed by atoms with E-state index < -0.39 is 0 Å². The highest BCUT2D eigenvalue weighted by atomic mass is 16.1. The molecular weight excluding hydrogens is 190 g/mol. The van der Waals surface area contributed by atoms with Gasteiger partial charge in [0.1, 0.15) is 6.04 Å². The van der Waals surface area contributed by atoms with Crippen LogP contribution in [0.5, 0.6) is 0 Å². The molecule has 1 aliphatic heterocycles. The van der Waals surface area contributed by atoms with Crippen LogP contribution in [0.4, 0.5) is 0 Å². The molecule has 0 aromatic carbocycles. The van der Waals surface area contributed by atoms with Crippen LogP contribution in [-0.4, -0.2) is 42.5 Å². The van der Waals surface area contributed by atoms with Gasteiger partial charge in [-0.2, -0.15) is 0 Å². The van der Waals surface area contributed by atoms with Gasteiger partial charge in [-0.1, -0.05) is 13.3 Å². The molecule has 3 unspecified atom stereocenters. The number of hydrogen-bond donors (Lipinski definition) is 2. The molecule has 2 rings (SSSR count). The van der Waals surface area contributed by atoms with E-state index in [-0.39, 0.29) is 11.9 Å². The van der Waals surface area contributed by atoms with Crippen molar-refractivity contribution in [3.8, 4) is 0 Å². The Bertz CT molecular complexity index is 244. The van der Waals surface area contributed by atoms with Crippen LogP contribution in [0.25, 0.3) is 0 Å². The van der Waals surface area contributed by atoms with Crippen LogP contribution in [0.15, 0.2) is 0 Å². The Morgan fingerprint density at radius 1 is 1.47 bits per heavy atom. The SMILES string of the molecule is CC1CCCC1N1CCNCC1C(N)=O. The number of hydrogen-bond acceptors (Lipinski definition) is 3. The molecule has 1 heterocycles. The van der Waals surface area contributed by atoms with Crippen molar-refractivity contribution in [2.75, 3.05) is 19.6 Å². The lowest BCUT2D eigenvalue weighted by Crippen LogP contribution is -2.60. The van der Waals surface area contributed by atoms with Crippen molar-refractivity contribution in [1.82, 2.24) is 10.2 Å². The summed E-state index contributed by atoms with van der Waals surface area (Å²) < 4.78 is 0. The molecule has 1 saturated heterocycles. The van der Waals surface area contributed by atoms with Gasteiger partial charge in [0.2, 0.25) is 5.91 Å². The first-order valence-electron chi connectivity index (χ1n) is 5.96. The fourth-order valence-electron chi connectivity index (χ4n) is 3.00. The highest BCUT2D eigenvalue weighted by molar-refractivity contribution is 5.80. The fraction of sp³-hybridized carbons (Fsp3) is 0.909. The van der Waals surface area contributed by atoms with E-state index in [1.165, 1.54) is 19.3 Å². The Labute approximate surface area is 91.2 Å². The lowest BCUT2D eigenvalue weighted by atomic mass is 10.0. The highest BCUT2D eigenvalue weighted by Crippen LogP contribution is 2.30. The van der Waals surface area contributed by atoms with Gasteiger partial charge >= 0.3 is 0 Å². The molecule has 2 fully saturated rings. The van der Waals surface area contributed by atoms with Crippen LogP contribution < -0.4 is 11.1 Å². The third-order valence-electron chi connectivity index (χ3n) is 3.86. The largest absolute Gasteiger partial charge is 0.368 e. The average molecular weight is 211 g/mol. The Hall–Kier alpha value is -0.610. The van der Waals surface area contributed by atoms with Gasteiger partial charge in [-0.25, -0.2) is 0 Å². The van der Waals surface area contributed by atoms with Crippen molar-refractivity contribution in [2.45, 2.75) is 38.3 Å². The van der Waals surface area contributed by atoms with Gasteiger partial charge in [0, 0.05) is 25.7 Å². The maximum atomic E-state index is 11.4. The molecule has 1 amide bonds. The smallest absolute Gasteiger partial charge is 0.236 e. The number of carbonyl (C=O) groups excluding carboxylic acids is 1. The minimum Gasteiger partial charge on any atom is -0.368 e. The second kappa shape index (κ2) is 4.49. The summed E-state index contributed by atoms with van der Waals surface area (Å²) in [7, 11) is 0. The lowest BCUT2D eigenvalue weighted by Gasteiger charge is -2.40. The van der Waals surface area contributed by atoms with Crippen LogP contribution in [0.3, 0.4) is 0 Å². The molecule has 0 aromatic rings. The van der Waals surface area contributed by atoms with Gasteiger partial charge in [0.15, 0.2) is 0 Å². The molecule has 86 valence electrons. The fourth-order valence-corrected chi connectivity index (χ4v) is 3.00. The zero-order valence-electron chi connectivity index (χ0n) is 9.41. The molecule has 4 nitrogen and oxygen atoms in total. The maximum Gasteiger partial charge on any atom is 0.236 e. The first-order valence-corrected chi connectivity index (χ1v) is 5.96. The highest BCUT2D eigenvalue weighted by Gasteiger charge is 2.36. The van der Waals surface area contributed by atoms with Crippen LogP contribution in [0.2, 0.25) is 0 Å². The van der Waals surface area contributed by atoms with Crippen LogP contribution >= 0.6 is 0 Å². The van der Waals surface area contributed by atoms with Crippen molar-refractivity contribution in [1.29, 1.82) is 0 Å². The summed E-state index contributed by atoms with van der Waals surface area (Å²) in [6.45, 7) is 4.95. The number of carbonyl (C=O) groups is 1. The first-order chi connectivity index (χ1) is 7.20. The van der Waals surface area contributed by atoms with E-state index in [9.17, 15) is 4.79 Å². The molecule has 0 bridgehead atoms. The second-order valence-corrected chi connectivity index (χ2v) is 4.84. The standard InChI is InChI=1S/C11H21N3O/c1-8-3-2-4-9(8)14-6-5-13-7-10(14)11(12)15/h8-10,13H,2-7H2,1H3,(H2,12,15). The van der Waals surface area contributed by atoms with Gasteiger partial charge < -0.3 is 11.1 Å². The van der Waals surface area contributed by atoms with Gasteiger partial charge in [-0.15, -0.1) is 0 Å². The van der Waals surface area contributed by atoms with Gasteiger partial charge in [0.05, 0.1) is 0 Å². The van der Waals surface area contributed by atoms with E-state index in [1.54, 1.807) is 0 Å². The van der Waals surface area contributed by atoms with Gasteiger partial charge in [-0.05, 0) is 18.8 Å². The molecule has 0 spiro atoms. The number of primary amides is 1. The second-order valence-electron chi connectivity index (χ2n) is 4.84. The molecule has 1 aliphatic carbocycles. The molecule has 4 heteroatoms. The number of nitrogens with two attached hydrogens (primary N) is 1. The number of nitrogens with one attached hydrogen (secondary N) is 1. The van der Waals surface area contributed by atoms with Crippen molar-refractivity contribution >= 4 is 5.91 Å². The first kappa shape index (κ1) is 10.9. The molecular formula is C11H21N3O. The summed E-state index contributed by atoms with van der Waals surface area (Å²) >= 11 is 0. The van der Waals surface area contributed by atoms with Crippen molar-refractivity contribution < 1.29 is 4.79 Å². The third kappa shape index (κ3) is 2.16. The Balaban J connectivity index is 2.06. The number of piperazine rings is 1. The normalized spacial score (nSPS) is 38.1. The molecule has 1 saturated carbocycles. The van der Waals surface area contributed by atoms with Crippen molar-refractivity contribution in [2.24, 2.45) is 11.7 Å². The maximum absolute atomic E-state index is 11.4. The molecule has 15 heavy (non-hydrogen) atoms. The molecule has 3 N–H and O–H groups in total. The average Bonchev–Trinajstić information content (AvgIpc) is 2.64. The van der Waals surface area contributed by atoms with Crippen LogP contribution in [-0.2, 0) is 4.79 Å². The van der Waals surface area contributed by atoms with E-state index >= 15 is 0 Å². The third-order valence-corrected chi connectivity index (χ3v) is 3.86. The summed E-state index contributed by atoms with van der Waals surface area (Å²) in [5.41, 5.74) is 5.45. The quantitative estimate of drug-likeness (QED) is 0.672. The van der Waals surface area contributed by atoms with Gasteiger partial charge in [0.25, 0.3) is 0 Å². The molecule has 0 aromatic heterocycles. The van der Waals surface area contributed by atoms with E-state index in [4.69, 9.17) is 5.73 Å². The Morgan fingerprint density at radius 3 is 2.87 bits per heavy atom. The predicted octanol–water partition coefficient (Wildman–Crippen LogP) is -0.0659. The Morgan fingerprint density at radius 2 is 2.27 bits per heavy atom. The number of rotatable bonds is 2. The Kier molecular flexibility index (Phi) is 3.26. The van der Waals surface area contributed by atoms with Crippen LogP contribution in [0.1, 0.15) is 26.2 Å². The predicted molar refractivity (Wildman–Crippen MR) is 59.4 cm³/mol. The summed E-state index contributed by atoms with van der Waals surface area (Å²) in [6.07, 6.45) is 3.81. The zero-order valence-corrected chi connectivity index (χ0v) is 9.41. The minimum absolute atomic E-state index is 0.0932. The van der Waals surface area contributed by atoms with E-state index in [0.29, 0.717) is 12.0 Å². The molecule has 3 atom stereocenters. The molecule has 0 radical (unpaired) electrons. The van der Waals surface area contributed by atoms with E-state index in [0.717, 1.165) is 19.6 Å². The summed E-state index contributed by atoms with van der Waals surface area (Å²) in [6, 6.07) is 0.480. The molecule has 2 aliphatic rings. The van der Waals surface area contributed by atoms with E-state index in [1.807, 2.05) is 0 Å². The lowest BCUT2D eigenvalue weighted by molar-refractivity contribution is -0.125. The monoisotopic (exact) mass is 211 g/mol. The van der Waals surface area contributed by atoms with Crippen molar-refractivity contribution in [3.05, 3.63) is 0 Å². The topological polar surface area (TPSA) is 58.4 Å². The summed E-state index contributed by atoms with van der Waals surface area (Å²) in [5.74, 6) is 0.534. The minimum atomic E-state index is -0.179. The summed E-state index contributed by atoms with van der Waals surface area (Å²) in [5, 5.41) is 3.24. The number of amides is 1. The number of nitrogens with zero attached hydrogens (tertiary/aromatic N) is 1.